The van der Waals surface area contributed by atoms with E-state index in [1.165, 1.54) is 0 Å². The molecule has 1 aliphatic heterocycles. The maximum Gasteiger partial charge on any atom is 0.260 e. The second kappa shape index (κ2) is 5.88. The predicted octanol–water partition coefficient (Wildman–Crippen LogP) is 3.23. The third kappa shape index (κ3) is 2.47. The van der Waals surface area contributed by atoms with Gasteiger partial charge in [0.05, 0.1) is 11.1 Å². The molecule has 1 saturated carbocycles. The van der Waals surface area contributed by atoms with Crippen molar-refractivity contribution in [2.45, 2.75) is 31.2 Å². The molecule has 3 N–H and O–H groups in total. The Morgan fingerprint density at radius 2 is 1.77 bits per heavy atom. The Hall–Kier alpha value is -2.80. The topological polar surface area (TPSA) is 99.2 Å². The van der Waals surface area contributed by atoms with Crippen molar-refractivity contribution in [2.75, 3.05) is 13.2 Å². The normalized spacial score (nSPS) is 18.2. The van der Waals surface area contributed by atoms with Crippen LogP contribution in [0.5, 0.6) is 11.5 Å². The van der Waals surface area contributed by atoms with Gasteiger partial charge in [-0.2, -0.15) is 4.98 Å². The third-order valence-corrected chi connectivity index (χ3v) is 5.20. The molecular weight excluding hydrogens is 332 g/mol. The number of aromatic amines is 1. The maximum absolute atomic E-state index is 6.45. The summed E-state index contributed by atoms with van der Waals surface area (Å²) >= 11 is 0. The number of aromatic nitrogens is 3. The first-order chi connectivity index (χ1) is 12.7. The van der Waals surface area contributed by atoms with Crippen LogP contribution < -0.4 is 15.2 Å². The summed E-state index contributed by atoms with van der Waals surface area (Å²) in [5.74, 6) is 2.59. The molecule has 1 fully saturated rings. The average molecular weight is 352 g/mol. The molecule has 2 aliphatic rings. The fourth-order valence-electron chi connectivity index (χ4n) is 3.76. The van der Waals surface area contributed by atoms with Gasteiger partial charge in [0.25, 0.3) is 5.89 Å². The monoisotopic (exact) mass is 352 g/mol. The third-order valence-electron chi connectivity index (χ3n) is 5.20. The van der Waals surface area contributed by atoms with Gasteiger partial charge < -0.3 is 24.7 Å². The predicted molar refractivity (Wildman–Crippen MR) is 94.8 cm³/mol. The molecule has 3 aromatic rings. The minimum atomic E-state index is -0.463. The van der Waals surface area contributed by atoms with Gasteiger partial charge in [0.1, 0.15) is 13.2 Å². The van der Waals surface area contributed by atoms with Crippen LogP contribution in [-0.4, -0.2) is 28.3 Å². The summed E-state index contributed by atoms with van der Waals surface area (Å²) in [6.07, 6.45) is 7.78. The Morgan fingerprint density at radius 1 is 1.00 bits per heavy atom. The fourth-order valence-corrected chi connectivity index (χ4v) is 3.76. The first-order valence-corrected chi connectivity index (χ1v) is 8.93. The summed E-state index contributed by atoms with van der Waals surface area (Å²) in [6.45, 7) is 1.13. The Labute approximate surface area is 150 Å². The SMILES string of the molecule is NC1(c2noc(-c3c[nH]cc3-c3ccc4c(c3)OCCO4)n2)CCCC1. The molecule has 7 nitrogen and oxygen atoms in total. The number of benzene rings is 1. The number of hydrogen-bond acceptors (Lipinski definition) is 6. The van der Waals surface area contributed by atoms with Crippen LogP contribution in [0.25, 0.3) is 22.6 Å². The summed E-state index contributed by atoms with van der Waals surface area (Å²) in [5.41, 5.74) is 8.80. The highest BCUT2D eigenvalue weighted by atomic mass is 16.6. The van der Waals surface area contributed by atoms with E-state index >= 15 is 0 Å². The van der Waals surface area contributed by atoms with E-state index in [0.717, 1.165) is 53.9 Å². The van der Waals surface area contributed by atoms with Crippen molar-refractivity contribution in [3.8, 4) is 34.1 Å². The molecular formula is C19H20N4O3. The van der Waals surface area contributed by atoms with Gasteiger partial charge in [-0.25, -0.2) is 0 Å². The maximum atomic E-state index is 6.45. The molecule has 0 unspecified atom stereocenters. The second-order valence-corrected chi connectivity index (χ2v) is 6.93. The van der Waals surface area contributed by atoms with Crippen LogP contribution in [0.4, 0.5) is 0 Å². The van der Waals surface area contributed by atoms with Crippen molar-refractivity contribution >= 4 is 0 Å². The zero-order valence-electron chi connectivity index (χ0n) is 14.3. The second-order valence-electron chi connectivity index (χ2n) is 6.93. The van der Waals surface area contributed by atoms with E-state index in [9.17, 15) is 0 Å². The minimum Gasteiger partial charge on any atom is -0.486 e. The van der Waals surface area contributed by atoms with E-state index in [-0.39, 0.29) is 0 Å². The van der Waals surface area contributed by atoms with Crippen LogP contribution in [0, 0.1) is 0 Å². The van der Waals surface area contributed by atoms with Crippen LogP contribution in [0.1, 0.15) is 31.5 Å². The van der Waals surface area contributed by atoms with Gasteiger partial charge >= 0.3 is 0 Å². The molecule has 0 amide bonds. The smallest absolute Gasteiger partial charge is 0.260 e. The summed E-state index contributed by atoms with van der Waals surface area (Å²) in [7, 11) is 0. The molecule has 3 heterocycles. The number of rotatable bonds is 3. The molecule has 0 saturated heterocycles. The van der Waals surface area contributed by atoms with Gasteiger partial charge in [0.15, 0.2) is 17.3 Å². The van der Waals surface area contributed by atoms with Gasteiger partial charge in [-0.15, -0.1) is 0 Å². The Balaban J connectivity index is 1.51. The summed E-state index contributed by atoms with van der Waals surface area (Å²) in [4.78, 5) is 7.73. The van der Waals surface area contributed by atoms with Gasteiger partial charge in [-0.05, 0) is 30.5 Å². The van der Waals surface area contributed by atoms with Crippen molar-refractivity contribution in [2.24, 2.45) is 5.73 Å². The lowest BCUT2D eigenvalue weighted by Crippen LogP contribution is -2.34. The van der Waals surface area contributed by atoms with Gasteiger partial charge in [-0.1, -0.05) is 24.1 Å². The van der Waals surface area contributed by atoms with Crippen molar-refractivity contribution in [1.29, 1.82) is 0 Å². The highest BCUT2D eigenvalue weighted by molar-refractivity contribution is 5.80. The Kier molecular flexibility index (Phi) is 3.49. The molecule has 26 heavy (non-hydrogen) atoms. The lowest BCUT2D eigenvalue weighted by molar-refractivity contribution is 0.171. The van der Waals surface area contributed by atoms with Crippen LogP contribution in [0.2, 0.25) is 0 Å². The minimum absolute atomic E-state index is 0.463. The number of H-pyrrole nitrogens is 1. The molecule has 2 aromatic heterocycles. The number of ether oxygens (including phenoxy) is 2. The largest absolute Gasteiger partial charge is 0.486 e. The van der Waals surface area contributed by atoms with Crippen molar-refractivity contribution in [3.05, 3.63) is 36.4 Å². The molecule has 0 spiro atoms. The van der Waals surface area contributed by atoms with E-state index in [2.05, 4.69) is 15.1 Å². The first kappa shape index (κ1) is 15.5. The van der Waals surface area contributed by atoms with Crippen LogP contribution in [0.3, 0.4) is 0 Å². The highest BCUT2D eigenvalue weighted by Crippen LogP contribution is 2.39. The molecule has 1 aliphatic carbocycles. The molecule has 0 atom stereocenters. The number of nitrogens with one attached hydrogen (secondary N) is 1. The first-order valence-electron chi connectivity index (χ1n) is 8.93. The zero-order chi connectivity index (χ0) is 17.6. The van der Waals surface area contributed by atoms with E-state index in [0.29, 0.717) is 24.9 Å². The molecule has 7 heteroatoms. The summed E-state index contributed by atoms with van der Waals surface area (Å²) in [6, 6.07) is 5.89. The lowest BCUT2D eigenvalue weighted by Gasteiger charge is -2.18. The number of fused-ring (bicyclic) bond motifs is 1. The Bertz CT molecular complexity index is 940. The lowest BCUT2D eigenvalue weighted by atomic mass is 9.98. The standard InChI is InChI=1S/C19H20N4O3/c20-19(5-1-2-6-19)18-22-17(26-23-18)14-11-21-10-13(14)12-3-4-15-16(9-12)25-8-7-24-15/h3-4,9-11,21H,1-2,5-8,20H2. The quantitative estimate of drug-likeness (QED) is 0.751. The summed E-state index contributed by atoms with van der Waals surface area (Å²) in [5, 5.41) is 4.16. The molecule has 134 valence electrons. The van der Waals surface area contributed by atoms with Crippen molar-refractivity contribution in [1.82, 2.24) is 15.1 Å². The molecule has 1 aromatic carbocycles. The van der Waals surface area contributed by atoms with E-state index in [1.807, 2.05) is 30.6 Å². The number of nitrogens with two attached hydrogens (primary N) is 1. The van der Waals surface area contributed by atoms with Crippen LogP contribution in [0.15, 0.2) is 35.1 Å². The van der Waals surface area contributed by atoms with E-state index < -0.39 is 5.54 Å². The van der Waals surface area contributed by atoms with Crippen LogP contribution in [-0.2, 0) is 5.54 Å². The van der Waals surface area contributed by atoms with Gasteiger partial charge in [0, 0.05) is 18.0 Å². The number of nitrogens with zero attached hydrogens (tertiary/aromatic N) is 2. The highest BCUT2D eigenvalue weighted by Gasteiger charge is 2.36. The van der Waals surface area contributed by atoms with Gasteiger partial charge in [0.2, 0.25) is 0 Å². The average Bonchev–Trinajstić information content (AvgIpc) is 3.41. The summed E-state index contributed by atoms with van der Waals surface area (Å²) < 4.78 is 16.8. The fraction of sp³-hybridized carbons (Fsp3) is 0.368. The molecule has 0 radical (unpaired) electrons. The molecule has 5 rings (SSSR count). The van der Waals surface area contributed by atoms with Gasteiger partial charge in [-0.3, -0.25) is 0 Å². The van der Waals surface area contributed by atoms with Crippen molar-refractivity contribution < 1.29 is 14.0 Å². The number of hydrogen-bond donors (Lipinski definition) is 2. The van der Waals surface area contributed by atoms with Crippen LogP contribution >= 0.6 is 0 Å². The Morgan fingerprint density at radius 3 is 2.62 bits per heavy atom. The van der Waals surface area contributed by atoms with E-state index in [1.54, 1.807) is 0 Å². The van der Waals surface area contributed by atoms with E-state index in [4.69, 9.17) is 19.7 Å². The van der Waals surface area contributed by atoms with Crippen molar-refractivity contribution in [3.63, 3.8) is 0 Å². The zero-order valence-corrected chi connectivity index (χ0v) is 14.3. The molecule has 0 bridgehead atoms.